The van der Waals surface area contributed by atoms with Crippen LogP contribution in [0.25, 0.3) is 0 Å². The molecule has 12 nitrogen and oxygen atoms in total. The zero-order valence-corrected chi connectivity index (χ0v) is 21.9. The molecule has 0 amide bonds. The molecular weight excluding hydrogens is 490 g/mol. The third kappa shape index (κ3) is 11.8. The lowest BCUT2D eigenvalue weighted by atomic mass is 9.87. The van der Waals surface area contributed by atoms with Crippen molar-refractivity contribution in [2.45, 2.75) is 64.8 Å². The summed E-state index contributed by atoms with van der Waals surface area (Å²) in [5.41, 5.74) is 5.37. The molecule has 0 heterocycles. The lowest BCUT2D eigenvalue weighted by molar-refractivity contribution is -0.147. The summed E-state index contributed by atoms with van der Waals surface area (Å²) in [4.78, 5) is 47.8. The first-order valence-corrected chi connectivity index (χ1v) is 12.2. The monoisotopic (exact) mass is 527 g/mol. The molecule has 1 aromatic rings. The highest BCUT2D eigenvalue weighted by atomic mass is 16.7. The van der Waals surface area contributed by atoms with E-state index in [0.29, 0.717) is 5.56 Å². The van der Waals surface area contributed by atoms with Gasteiger partial charge in [-0.15, -0.1) is 0 Å². The SMILES string of the molecule is CCCCCOC(=O)OCCC[C@](N)(Cc1ccc(OC(=O)OCC)c(OC(=O)OCC)c1)C(=O)OC. The van der Waals surface area contributed by atoms with Crippen LogP contribution in [-0.2, 0) is 34.9 Å². The van der Waals surface area contributed by atoms with Crippen molar-refractivity contribution in [1.82, 2.24) is 0 Å². The second kappa shape index (κ2) is 17.0. The average molecular weight is 528 g/mol. The predicted octanol–water partition coefficient (Wildman–Crippen LogP) is 4.29. The van der Waals surface area contributed by atoms with Gasteiger partial charge in [0.25, 0.3) is 0 Å². The number of unbranched alkanes of at least 4 members (excludes halogenated alkanes) is 2. The topological polar surface area (TPSA) is 159 Å². The molecule has 0 saturated carbocycles. The van der Waals surface area contributed by atoms with Crippen molar-refractivity contribution in [1.29, 1.82) is 0 Å². The molecule has 1 aromatic carbocycles. The third-order valence-electron chi connectivity index (χ3n) is 4.99. The second-order valence-electron chi connectivity index (χ2n) is 7.93. The molecule has 0 aliphatic rings. The van der Waals surface area contributed by atoms with E-state index in [9.17, 15) is 19.2 Å². The van der Waals surface area contributed by atoms with E-state index in [-0.39, 0.29) is 57.2 Å². The first-order valence-electron chi connectivity index (χ1n) is 12.2. The first-order chi connectivity index (χ1) is 17.7. The van der Waals surface area contributed by atoms with Crippen LogP contribution in [0, 0.1) is 0 Å². The number of carbonyl (C=O) groups is 4. The van der Waals surface area contributed by atoms with Gasteiger partial charge in [-0.3, -0.25) is 4.79 Å². The molecule has 0 aliphatic heterocycles. The molecule has 0 aromatic heterocycles. The van der Waals surface area contributed by atoms with Crippen molar-refractivity contribution in [3.05, 3.63) is 23.8 Å². The van der Waals surface area contributed by atoms with Crippen molar-refractivity contribution in [3.63, 3.8) is 0 Å². The minimum atomic E-state index is -1.49. The van der Waals surface area contributed by atoms with E-state index >= 15 is 0 Å². The van der Waals surface area contributed by atoms with Gasteiger partial charge in [0.05, 0.1) is 33.5 Å². The van der Waals surface area contributed by atoms with E-state index in [4.69, 9.17) is 38.9 Å². The lowest BCUT2D eigenvalue weighted by Gasteiger charge is -2.27. The maximum absolute atomic E-state index is 12.5. The van der Waals surface area contributed by atoms with Gasteiger partial charge in [0.1, 0.15) is 5.54 Å². The van der Waals surface area contributed by atoms with Gasteiger partial charge in [-0.1, -0.05) is 25.8 Å². The smallest absolute Gasteiger partial charge is 0.468 e. The Kier molecular flexibility index (Phi) is 14.5. The van der Waals surface area contributed by atoms with Crippen LogP contribution in [0.3, 0.4) is 0 Å². The zero-order valence-electron chi connectivity index (χ0n) is 21.9. The molecule has 12 heteroatoms. The summed E-state index contributed by atoms with van der Waals surface area (Å²) >= 11 is 0. The zero-order chi connectivity index (χ0) is 27.7. The minimum Gasteiger partial charge on any atom is -0.468 e. The quantitative estimate of drug-likeness (QED) is 0.149. The van der Waals surface area contributed by atoms with E-state index in [1.54, 1.807) is 19.9 Å². The van der Waals surface area contributed by atoms with E-state index in [0.717, 1.165) is 19.3 Å². The van der Waals surface area contributed by atoms with Gasteiger partial charge in [-0.25, -0.2) is 14.4 Å². The number of methoxy groups -OCH3 is 1. The fourth-order valence-corrected chi connectivity index (χ4v) is 3.22. The summed E-state index contributed by atoms with van der Waals surface area (Å²) < 4.78 is 34.7. The van der Waals surface area contributed by atoms with Crippen molar-refractivity contribution in [2.75, 3.05) is 33.5 Å². The molecule has 0 saturated heterocycles. The molecule has 0 fully saturated rings. The van der Waals surface area contributed by atoms with Crippen LogP contribution in [0.5, 0.6) is 11.5 Å². The summed E-state index contributed by atoms with van der Waals surface area (Å²) in [7, 11) is 1.21. The Balaban J connectivity index is 2.92. The lowest BCUT2D eigenvalue weighted by Crippen LogP contribution is -2.50. The third-order valence-corrected chi connectivity index (χ3v) is 4.99. The minimum absolute atomic E-state index is 0.00784. The van der Waals surface area contributed by atoms with E-state index in [2.05, 4.69) is 0 Å². The molecule has 1 atom stereocenters. The van der Waals surface area contributed by atoms with Crippen molar-refractivity contribution >= 4 is 24.4 Å². The highest BCUT2D eigenvalue weighted by molar-refractivity contribution is 5.81. The molecule has 2 N–H and O–H groups in total. The number of benzene rings is 1. The predicted molar refractivity (Wildman–Crippen MR) is 130 cm³/mol. The Morgan fingerprint density at radius 1 is 0.784 bits per heavy atom. The molecule has 0 aliphatic carbocycles. The number of ether oxygens (including phenoxy) is 7. The molecule has 37 heavy (non-hydrogen) atoms. The molecule has 208 valence electrons. The van der Waals surface area contributed by atoms with Crippen LogP contribution in [0.1, 0.15) is 58.4 Å². The first kappa shape index (κ1) is 31.5. The van der Waals surface area contributed by atoms with Crippen molar-refractivity contribution in [2.24, 2.45) is 5.73 Å². The summed E-state index contributed by atoms with van der Waals surface area (Å²) in [5.74, 6) is -0.915. The van der Waals surface area contributed by atoms with E-state index < -0.39 is 30.0 Å². The highest BCUT2D eigenvalue weighted by Gasteiger charge is 2.35. The summed E-state index contributed by atoms with van der Waals surface area (Å²) in [6, 6.07) is 4.30. The van der Waals surface area contributed by atoms with Crippen LogP contribution in [0.4, 0.5) is 14.4 Å². The van der Waals surface area contributed by atoms with Crippen molar-refractivity contribution < 1.29 is 52.3 Å². The largest absolute Gasteiger partial charge is 0.513 e. The average Bonchev–Trinajstić information content (AvgIpc) is 2.86. The molecule has 0 bridgehead atoms. The van der Waals surface area contributed by atoms with Gasteiger partial charge < -0.3 is 38.9 Å². The molecular formula is C25H37NO11. The van der Waals surface area contributed by atoms with Crippen LogP contribution in [0.2, 0.25) is 0 Å². The summed E-state index contributed by atoms with van der Waals surface area (Å²) in [6.45, 7) is 5.67. The van der Waals surface area contributed by atoms with Crippen molar-refractivity contribution in [3.8, 4) is 11.5 Å². The number of hydrogen-bond donors (Lipinski definition) is 1. The van der Waals surface area contributed by atoms with Crippen LogP contribution < -0.4 is 15.2 Å². The number of carbonyl (C=O) groups excluding carboxylic acids is 4. The van der Waals surface area contributed by atoms with E-state index in [1.165, 1.54) is 19.2 Å². The summed E-state index contributed by atoms with van der Waals surface area (Å²) in [6.07, 6.45) is 0.256. The fraction of sp³-hybridized carbons (Fsp3) is 0.600. The Morgan fingerprint density at radius 3 is 1.95 bits per heavy atom. The number of nitrogens with two attached hydrogens (primary N) is 1. The second-order valence-corrected chi connectivity index (χ2v) is 7.93. The molecule has 0 unspecified atom stereocenters. The number of rotatable bonds is 15. The number of hydrogen-bond acceptors (Lipinski definition) is 12. The van der Waals surface area contributed by atoms with Crippen LogP contribution in [-0.4, -0.2) is 63.5 Å². The van der Waals surface area contributed by atoms with Gasteiger partial charge in [-0.2, -0.15) is 0 Å². The number of esters is 1. The van der Waals surface area contributed by atoms with Crippen LogP contribution in [0.15, 0.2) is 18.2 Å². The van der Waals surface area contributed by atoms with Gasteiger partial charge in [-0.05, 0) is 50.8 Å². The maximum Gasteiger partial charge on any atom is 0.513 e. The van der Waals surface area contributed by atoms with E-state index in [1.807, 2.05) is 6.92 Å². The Bertz CT molecular complexity index is 889. The van der Waals surface area contributed by atoms with Crippen LogP contribution >= 0.6 is 0 Å². The van der Waals surface area contributed by atoms with Gasteiger partial charge in [0.2, 0.25) is 0 Å². The molecule has 1 rings (SSSR count). The molecule has 0 spiro atoms. The van der Waals surface area contributed by atoms with Gasteiger partial charge >= 0.3 is 24.4 Å². The fourth-order valence-electron chi connectivity index (χ4n) is 3.22. The normalized spacial score (nSPS) is 12.0. The Labute approximate surface area is 216 Å². The van der Waals surface area contributed by atoms with Gasteiger partial charge in [0.15, 0.2) is 11.5 Å². The van der Waals surface area contributed by atoms with Gasteiger partial charge in [0, 0.05) is 6.42 Å². The standard InChI is InChI=1S/C25H37NO11/c1-5-8-9-14-34-22(28)35-15-10-13-25(26,21(27)31-4)17-18-11-12-19(36-23(29)32-6-2)20(16-18)37-24(30)33-7-3/h11-12,16H,5-10,13-15,17,26H2,1-4H3/t25-/m0/s1. The highest BCUT2D eigenvalue weighted by Crippen LogP contribution is 2.31. The summed E-state index contributed by atoms with van der Waals surface area (Å²) in [5, 5.41) is 0. The Hall–Kier alpha value is -3.54. The maximum atomic E-state index is 12.5. The molecule has 0 radical (unpaired) electrons. The Morgan fingerprint density at radius 2 is 1.38 bits per heavy atom.